The number of amides is 1. The van der Waals surface area contributed by atoms with Crippen molar-refractivity contribution in [3.63, 3.8) is 0 Å². The van der Waals surface area contributed by atoms with Crippen LogP contribution in [0.4, 0.5) is 4.39 Å². The number of halogens is 1. The number of rotatable bonds is 7. The first-order chi connectivity index (χ1) is 18.1. The topological polar surface area (TPSA) is 64.2 Å². The molecule has 3 aromatic carbocycles. The van der Waals surface area contributed by atoms with Crippen molar-refractivity contribution >= 4 is 5.91 Å². The molecule has 188 valence electrons. The van der Waals surface area contributed by atoms with Crippen molar-refractivity contribution in [2.24, 2.45) is 11.8 Å². The Hall–Kier alpha value is -3.84. The van der Waals surface area contributed by atoms with Gasteiger partial charge < -0.3 is 10.2 Å². The van der Waals surface area contributed by atoms with E-state index < -0.39 is 0 Å². The van der Waals surface area contributed by atoms with Crippen molar-refractivity contribution < 1.29 is 14.1 Å². The lowest BCUT2D eigenvalue weighted by Crippen LogP contribution is -3.20. The molecule has 7 rings (SSSR count). The maximum absolute atomic E-state index is 13.1. The maximum atomic E-state index is 13.1. The summed E-state index contributed by atoms with van der Waals surface area (Å²) in [4.78, 5) is 14.4. The Morgan fingerprint density at radius 1 is 0.973 bits per heavy atom. The first kappa shape index (κ1) is 23.6. The van der Waals surface area contributed by atoms with Gasteiger partial charge in [-0.15, -0.1) is 5.10 Å². The number of hydrogen-bond donors (Lipinski definition) is 2. The fourth-order valence-corrected chi connectivity index (χ4v) is 5.95. The quantitative estimate of drug-likeness (QED) is 0.413. The molecular weight excluding hydrogens is 465 g/mol. The third-order valence-corrected chi connectivity index (χ3v) is 8.00. The molecule has 3 aliphatic heterocycles. The zero-order chi connectivity index (χ0) is 25.2. The number of benzene rings is 3. The number of aromatic nitrogens is 3. The average Bonchev–Trinajstić information content (AvgIpc) is 3.42. The Balaban J connectivity index is 1.05. The maximum Gasteiger partial charge on any atom is 0.229 e. The summed E-state index contributed by atoms with van der Waals surface area (Å²) in [6.07, 6.45) is 4.13. The molecule has 0 spiro atoms. The second kappa shape index (κ2) is 10.3. The Morgan fingerprint density at radius 3 is 2.43 bits per heavy atom. The standard InChI is InChI=1S/C30H30FN5O/c31-26-12-6-21(7-13-26)17-32-30(37)28-19-35-15-14-25(28)16-27(35)18-36-20-29(33-34-36)24-10-8-23(9-11-24)22-4-2-1-3-5-22/h1-13,20,25,27-28H,14-19H2,(H,32,37)/p+1/t25-,27-,28+/m1/s1. The van der Waals surface area contributed by atoms with Gasteiger partial charge in [0.25, 0.3) is 0 Å². The van der Waals surface area contributed by atoms with Gasteiger partial charge in [0, 0.05) is 24.9 Å². The van der Waals surface area contributed by atoms with E-state index in [0.29, 0.717) is 18.5 Å². The molecule has 2 N–H and O–H groups in total. The number of piperidine rings is 3. The van der Waals surface area contributed by atoms with Crippen molar-refractivity contribution in [2.45, 2.75) is 32.0 Å². The monoisotopic (exact) mass is 496 g/mol. The second-order valence-corrected chi connectivity index (χ2v) is 10.3. The highest BCUT2D eigenvalue weighted by Gasteiger charge is 2.46. The molecule has 3 saturated heterocycles. The van der Waals surface area contributed by atoms with Gasteiger partial charge in [-0.3, -0.25) is 4.79 Å². The average molecular weight is 497 g/mol. The number of quaternary nitrogens is 1. The number of fused-ring (bicyclic) bond motifs is 3. The van der Waals surface area contributed by atoms with E-state index in [9.17, 15) is 9.18 Å². The van der Waals surface area contributed by atoms with Crippen molar-refractivity contribution in [3.05, 3.63) is 96.4 Å². The zero-order valence-electron chi connectivity index (χ0n) is 20.7. The first-order valence-electron chi connectivity index (χ1n) is 13.0. The SMILES string of the molecule is O=C(NCc1ccc(F)cc1)[C@H]1C[NH+]2CC[C@@H]1C[C@@H]2Cn1cc(-c2ccc(-c3ccccc3)cc2)nn1. The summed E-state index contributed by atoms with van der Waals surface area (Å²) in [5.41, 5.74) is 5.23. The van der Waals surface area contributed by atoms with E-state index in [-0.39, 0.29) is 17.6 Å². The van der Waals surface area contributed by atoms with Crippen molar-refractivity contribution in [1.82, 2.24) is 20.3 Å². The minimum absolute atomic E-state index is 0.0369. The molecule has 0 aliphatic carbocycles. The van der Waals surface area contributed by atoms with Crippen molar-refractivity contribution in [2.75, 3.05) is 13.1 Å². The highest BCUT2D eigenvalue weighted by atomic mass is 19.1. The summed E-state index contributed by atoms with van der Waals surface area (Å²) in [6.45, 7) is 3.20. The van der Waals surface area contributed by atoms with E-state index in [2.05, 4.69) is 52.0 Å². The summed E-state index contributed by atoms with van der Waals surface area (Å²) in [5.74, 6) is 0.286. The molecule has 0 saturated carbocycles. The van der Waals surface area contributed by atoms with Crippen LogP contribution in [-0.4, -0.2) is 40.0 Å². The lowest BCUT2D eigenvalue weighted by Gasteiger charge is -2.46. The predicted molar refractivity (Wildman–Crippen MR) is 140 cm³/mol. The van der Waals surface area contributed by atoms with Crippen LogP contribution in [0.2, 0.25) is 0 Å². The van der Waals surface area contributed by atoms with Crippen LogP contribution in [0.1, 0.15) is 18.4 Å². The molecule has 1 amide bonds. The minimum Gasteiger partial charge on any atom is -0.352 e. The summed E-state index contributed by atoms with van der Waals surface area (Å²) in [7, 11) is 0. The van der Waals surface area contributed by atoms with E-state index in [1.807, 2.05) is 29.1 Å². The molecule has 2 bridgehead atoms. The van der Waals surface area contributed by atoms with Crippen molar-refractivity contribution in [1.29, 1.82) is 0 Å². The molecule has 4 heterocycles. The zero-order valence-corrected chi connectivity index (χ0v) is 20.7. The summed E-state index contributed by atoms with van der Waals surface area (Å²) >= 11 is 0. The Kier molecular flexibility index (Phi) is 6.53. The lowest BCUT2D eigenvalue weighted by atomic mass is 9.75. The first-order valence-corrected chi connectivity index (χ1v) is 13.0. The van der Waals surface area contributed by atoms with Crippen molar-refractivity contribution in [3.8, 4) is 22.4 Å². The molecule has 37 heavy (non-hydrogen) atoms. The van der Waals surface area contributed by atoms with Gasteiger partial charge in [-0.05, 0) is 34.7 Å². The Bertz CT molecular complexity index is 1350. The van der Waals surface area contributed by atoms with Gasteiger partial charge >= 0.3 is 0 Å². The van der Waals surface area contributed by atoms with Crippen LogP contribution in [0.3, 0.4) is 0 Å². The normalized spacial score (nSPS) is 22.6. The smallest absolute Gasteiger partial charge is 0.229 e. The van der Waals surface area contributed by atoms with Crippen LogP contribution in [0.15, 0.2) is 85.1 Å². The number of carbonyl (C=O) groups excluding carboxylic acids is 1. The van der Waals surface area contributed by atoms with Crippen LogP contribution >= 0.6 is 0 Å². The predicted octanol–water partition coefficient (Wildman–Crippen LogP) is 3.36. The number of nitrogens with one attached hydrogen (secondary N) is 2. The molecule has 4 aromatic rings. The van der Waals surface area contributed by atoms with E-state index in [1.165, 1.54) is 28.2 Å². The molecule has 3 aliphatic rings. The fraction of sp³-hybridized carbons (Fsp3) is 0.300. The van der Waals surface area contributed by atoms with Crippen LogP contribution in [-0.2, 0) is 17.9 Å². The van der Waals surface area contributed by atoms with Gasteiger partial charge in [0.1, 0.15) is 17.6 Å². The Labute approximate surface area is 216 Å². The van der Waals surface area contributed by atoms with Crippen LogP contribution in [0.25, 0.3) is 22.4 Å². The van der Waals surface area contributed by atoms with Gasteiger partial charge in [-0.2, -0.15) is 0 Å². The van der Waals surface area contributed by atoms with E-state index in [0.717, 1.165) is 49.3 Å². The third kappa shape index (κ3) is 5.18. The molecule has 1 aromatic heterocycles. The summed E-state index contributed by atoms with van der Waals surface area (Å²) < 4.78 is 15.1. The molecule has 0 radical (unpaired) electrons. The van der Waals surface area contributed by atoms with Gasteiger partial charge in [-0.25, -0.2) is 9.07 Å². The number of carbonyl (C=O) groups is 1. The number of hydrogen-bond acceptors (Lipinski definition) is 3. The van der Waals surface area contributed by atoms with Crippen LogP contribution in [0.5, 0.6) is 0 Å². The minimum atomic E-state index is -0.262. The number of nitrogens with zero attached hydrogens (tertiary/aromatic N) is 3. The second-order valence-electron chi connectivity index (χ2n) is 10.3. The summed E-state index contributed by atoms with van der Waals surface area (Å²) in [6, 6.07) is 25.5. The Morgan fingerprint density at radius 2 is 1.70 bits per heavy atom. The highest BCUT2D eigenvalue weighted by molar-refractivity contribution is 5.79. The lowest BCUT2D eigenvalue weighted by molar-refractivity contribution is -0.945. The van der Waals surface area contributed by atoms with Crippen LogP contribution in [0, 0.1) is 17.7 Å². The molecule has 3 fully saturated rings. The molecule has 1 unspecified atom stereocenters. The highest BCUT2D eigenvalue weighted by Crippen LogP contribution is 2.28. The third-order valence-electron chi connectivity index (χ3n) is 8.00. The van der Waals surface area contributed by atoms with Gasteiger partial charge in [0.15, 0.2) is 0 Å². The van der Waals surface area contributed by atoms with E-state index >= 15 is 0 Å². The molecule has 6 nitrogen and oxygen atoms in total. The molecular formula is C30H31FN5O+. The van der Waals surface area contributed by atoms with Gasteiger partial charge in [-0.1, -0.05) is 71.9 Å². The fourth-order valence-electron chi connectivity index (χ4n) is 5.95. The van der Waals surface area contributed by atoms with Crippen LogP contribution < -0.4 is 10.2 Å². The van der Waals surface area contributed by atoms with Gasteiger partial charge in [0.05, 0.1) is 31.7 Å². The summed E-state index contributed by atoms with van der Waals surface area (Å²) in [5, 5.41) is 11.9. The molecule has 4 atom stereocenters. The van der Waals surface area contributed by atoms with E-state index in [4.69, 9.17) is 0 Å². The van der Waals surface area contributed by atoms with E-state index in [1.54, 1.807) is 12.1 Å². The largest absolute Gasteiger partial charge is 0.352 e. The molecule has 7 heteroatoms. The van der Waals surface area contributed by atoms with Gasteiger partial charge in [0.2, 0.25) is 5.91 Å².